The van der Waals surface area contributed by atoms with Crippen molar-refractivity contribution in [2.24, 2.45) is 28.1 Å². The van der Waals surface area contributed by atoms with Gasteiger partial charge in [-0.15, -0.1) is 0 Å². The Morgan fingerprint density at radius 1 is 1.00 bits per heavy atom. The molecule has 13 nitrogen and oxygen atoms in total. The number of nitrogens with two attached hydrogens (primary N) is 3. The highest BCUT2D eigenvalue weighted by molar-refractivity contribution is 5.94. The number of aromatic nitrogens is 1. The number of para-hydroxylation sites is 1. The third-order valence-electron chi connectivity index (χ3n) is 6.50. The Balaban J connectivity index is 2.33. The number of H-pyrrole nitrogens is 1. The molecule has 214 valence electrons. The van der Waals surface area contributed by atoms with Gasteiger partial charge in [-0.25, -0.2) is 4.79 Å². The molecule has 0 fully saturated rings. The van der Waals surface area contributed by atoms with Gasteiger partial charge >= 0.3 is 5.97 Å². The second kappa shape index (κ2) is 14.7. The number of aromatic amines is 1. The van der Waals surface area contributed by atoms with Crippen molar-refractivity contribution in [2.45, 2.75) is 70.6 Å². The predicted octanol–water partition coefficient (Wildman–Crippen LogP) is -0.304. The number of nitrogens with zero attached hydrogens (tertiary/aromatic N) is 1. The van der Waals surface area contributed by atoms with Crippen LogP contribution in [0.15, 0.2) is 35.5 Å². The number of rotatable bonds is 15. The summed E-state index contributed by atoms with van der Waals surface area (Å²) in [6, 6.07) is 3.32. The Morgan fingerprint density at radius 2 is 1.64 bits per heavy atom. The van der Waals surface area contributed by atoms with E-state index in [9.17, 15) is 24.3 Å². The van der Waals surface area contributed by atoms with Crippen LogP contribution in [0.5, 0.6) is 0 Å². The molecule has 13 heteroatoms. The molecule has 0 bridgehead atoms. The zero-order chi connectivity index (χ0) is 29.1. The number of amides is 3. The molecule has 0 saturated heterocycles. The molecule has 0 aliphatic heterocycles. The van der Waals surface area contributed by atoms with Crippen molar-refractivity contribution < 1.29 is 24.3 Å². The first kappa shape index (κ1) is 31.1. The minimum Gasteiger partial charge on any atom is -0.480 e. The van der Waals surface area contributed by atoms with Gasteiger partial charge in [0.2, 0.25) is 17.7 Å². The Kier molecular flexibility index (Phi) is 11.7. The summed E-state index contributed by atoms with van der Waals surface area (Å²) in [6.45, 7) is 5.26. The van der Waals surface area contributed by atoms with E-state index in [1.165, 1.54) is 6.92 Å². The number of aliphatic imine (C=N–C) groups is 1. The van der Waals surface area contributed by atoms with Crippen molar-refractivity contribution >= 4 is 40.6 Å². The van der Waals surface area contributed by atoms with Crippen LogP contribution in [0.25, 0.3) is 10.9 Å². The summed E-state index contributed by atoms with van der Waals surface area (Å²) in [5.41, 5.74) is 18.0. The number of nitrogens with one attached hydrogen (secondary N) is 4. The van der Waals surface area contributed by atoms with E-state index in [2.05, 4.69) is 25.9 Å². The lowest BCUT2D eigenvalue weighted by atomic mass is 9.97. The van der Waals surface area contributed by atoms with Crippen LogP contribution in [-0.4, -0.2) is 70.5 Å². The van der Waals surface area contributed by atoms with Gasteiger partial charge in [-0.3, -0.25) is 19.4 Å². The number of carbonyl (C=O) groups is 4. The van der Waals surface area contributed by atoms with Crippen molar-refractivity contribution in [3.63, 3.8) is 0 Å². The number of hydrogen-bond acceptors (Lipinski definition) is 6. The number of fused-ring (bicyclic) bond motifs is 1. The monoisotopic (exact) mass is 544 g/mol. The zero-order valence-corrected chi connectivity index (χ0v) is 22.6. The van der Waals surface area contributed by atoms with Gasteiger partial charge in [0.25, 0.3) is 0 Å². The van der Waals surface area contributed by atoms with Crippen molar-refractivity contribution in [3.05, 3.63) is 36.0 Å². The van der Waals surface area contributed by atoms with Crippen LogP contribution >= 0.6 is 0 Å². The Morgan fingerprint density at radius 3 is 2.26 bits per heavy atom. The Bertz CT molecular complexity index is 1170. The largest absolute Gasteiger partial charge is 0.480 e. The van der Waals surface area contributed by atoms with Gasteiger partial charge in [0, 0.05) is 30.1 Å². The third kappa shape index (κ3) is 9.28. The Hall–Kier alpha value is -4.13. The molecule has 11 N–H and O–H groups in total. The summed E-state index contributed by atoms with van der Waals surface area (Å²) in [5.74, 6) is -3.43. The molecule has 39 heavy (non-hydrogen) atoms. The molecule has 1 heterocycles. The number of aliphatic carboxylic acids is 1. The summed E-state index contributed by atoms with van der Waals surface area (Å²) in [6.07, 6.45) is 2.88. The predicted molar refractivity (Wildman–Crippen MR) is 148 cm³/mol. The van der Waals surface area contributed by atoms with Crippen LogP contribution in [0.2, 0.25) is 0 Å². The number of hydrogen-bond donors (Lipinski definition) is 8. The lowest BCUT2D eigenvalue weighted by Crippen LogP contribution is -2.58. The molecule has 3 amide bonds. The summed E-state index contributed by atoms with van der Waals surface area (Å²) >= 11 is 0. The topological polar surface area (TPSA) is 231 Å². The standard InChI is InChI=1S/C26H40N8O5/c1-4-14(2)21(25(38)39)34-24(37)20(12-16-13-31-18-9-6-5-8-17(16)18)33-23(36)19(32-22(35)15(3)27)10-7-11-30-26(28)29/h5-6,8-9,13-15,19-21,31H,4,7,10-12,27H2,1-3H3,(H,32,35)(H,33,36)(H,34,37)(H,38,39)(H4,28,29,30). The smallest absolute Gasteiger partial charge is 0.326 e. The highest BCUT2D eigenvalue weighted by Gasteiger charge is 2.32. The average Bonchev–Trinajstić information content (AvgIpc) is 3.30. The lowest BCUT2D eigenvalue weighted by molar-refractivity contribution is -0.143. The minimum atomic E-state index is -1.17. The average molecular weight is 545 g/mol. The van der Waals surface area contributed by atoms with Crippen molar-refractivity contribution in [3.8, 4) is 0 Å². The summed E-state index contributed by atoms with van der Waals surface area (Å²) in [5, 5.41) is 18.5. The molecule has 5 unspecified atom stereocenters. The molecule has 1 aromatic carbocycles. The number of carboxylic acid groups (broad SMARTS) is 1. The van der Waals surface area contributed by atoms with Gasteiger partial charge in [0.15, 0.2) is 5.96 Å². The maximum atomic E-state index is 13.4. The fourth-order valence-corrected chi connectivity index (χ4v) is 4.01. The van der Waals surface area contributed by atoms with Crippen LogP contribution in [-0.2, 0) is 25.6 Å². The number of benzene rings is 1. The first-order chi connectivity index (χ1) is 18.4. The highest BCUT2D eigenvalue weighted by Crippen LogP contribution is 2.20. The maximum Gasteiger partial charge on any atom is 0.326 e. The fraction of sp³-hybridized carbons (Fsp3) is 0.500. The molecular formula is C26H40N8O5. The molecule has 2 rings (SSSR count). The van der Waals surface area contributed by atoms with Crippen LogP contribution in [0.3, 0.4) is 0 Å². The molecule has 0 radical (unpaired) electrons. The zero-order valence-electron chi connectivity index (χ0n) is 22.6. The summed E-state index contributed by atoms with van der Waals surface area (Å²) < 4.78 is 0. The second-order valence-corrected chi connectivity index (χ2v) is 9.63. The van der Waals surface area contributed by atoms with Gasteiger partial charge in [0.1, 0.15) is 18.1 Å². The third-order valence-corrected chi connectivity index (χ3v) is 6.50. The van der Waals surface area contributed by atoms with E-state index in [0.29, 0.717) is 12.8 Å². The van der Waals surface area contributed by atoms with Crippen molar-refractivity contribution in [1.82, 2.24) is 20.9 Å². The SMILES string of the molecule is CCC(C)C(NC(=O)C(Cc1c[nH]c2ccccc12)NC(=O)C(CCCN=C(N)N)NC(=O)C(C)N)C(=O)O. The van der Waals surface area contributed by atoms with E-state index < -0.39 is 47.9 Å². The first-order valence-corrected chi connectivity index (χ1v) is 12.9. The molecule has 0 aliphatic carbocycles. The van der Waals surface area contributed by atoms with Crippen LogP contribution < -0.4 is 33.2 Å². The summed E-state index contributed by atoms with van der Waals surface area (Å²) in [4.78, 5) is 58.0. The van der Waals surface area contributed by atoms with Gasteiger partial charge in [-0.2, -0.15) is 0 Å². The van der Waals surface area contributed by atoms with Crippen molar-refractivity contribution in [1.29, 1.82) is 0 Å². The maximum absolute atomic E-state index is 13.4. The minimum absolute atomic E-state index is 0.0798. The van der Waals surface area contributed by atoms with Gasteiger partial charge in [-0.05, 0) is 37.3 Å². The van der Waals surface area contributed by atoms with E-state index in [0.717, 1.165) is 16.5 Å². The number of carbonyl (C=O) groups excluding carboxylic acids is 3. The lowest BCUT2D eigenvalue weighted by Gasteiger charge is -2.26. The molecule has 5 atom stereocenters. The van der Waals surface area contributed by atoms with Gasteiger partial charge in [0.05, 0.1) is 6.04 Å². The van der Waals surface area contributed by atoms with Crippen LogP contribution in [0.1, 0.15) is 45.6 Å². The first-order valence-electron chi connectivity index (χ1n) is 12.9. The molecule has 2 aromatic rings. The number of guanidine groups is 1. The molecule has 0 aliphatic rings. The van der Waals surface area contributed by atoms with E-state index in [4.69, 9.17) is 17.2 Å². The van der Waals surface area contributed by atoms with E-state index in [-0.39, 0.29) is 31.3 Å². The Labute approximate surface area is 227 Å². The molecular weight excluding hydrogens is 504 g/mol. The fourth-order valence-electron chi connectivity index (χ4n) is 4.01. The normalized spacial score (nSPS) is 14.9. The van der Waals surface area contributed by atoms with E-state index >= 15 is 0 Å². The second-order valence-electron chi connectivity index (χ2n) is 9.63. The van der Waals surface area contributed by atoms with Crippen molar-refractivity contribution in [2.75, 3.05) is 6.54 Å². The van der Waals surface area contributed by atoms with Gasteiger partial charge in [-0.1, -0.05) is 38.5 Å². The highest BCUT2D eigenvalue weighted by atomic mass is 16.4. The number of carboxylic acids is 1. The summed E-state index contributed by atoms with van der Waals surface area (Å²) in [7, 11) is 0. The van der Waals surface area contributed by atoms with Crippen LogP contribution in [0.4, 0.5) is 0 Å². The van der Waals surface area contributed by atoms with Gasteiger partial charge < -0.3 is 43.2 Å². The molecule has 0 saturated carbocycles. The molecule has 1 aromatic heterocycles. The van der Waals surface area contributed by atoms with E-state index in [1.807, 2.05) is 31.2 Å². The quantitative estimate of drug-likeness (QED) is 0.0840. The van der Waals surface area contributed by atoms with Crippen LogP contribution in [0, 0.1) is 5.92 Å². The van der Waals surface area contributed by atoms with E-state index in [1.54, 1.807) is 13.1 Å². The molecule has 0 spiro atoms.